The molecular weight excluding hydrogens is 348 g/mol. The Bertz CT molecular complexity index is 759. The first kappa shape index (κ1) is 18.9. The Morgan fingerprint density at radius 2 is 1.25 bits per heavy atom. The maximum Gasteiger partial charge on any atom is 0.143 e. The summed E-state index contributed by atoms with van der Waals surface area (Å²) in [7, 11) is 0. The second kappa shape index (κ2) is 8.27. The number of aliphatic hydroxyl groups is 1. The monoisotopic (exact) mass is 374 g/mol. The van der Waals surface area contributed by atoms with Crippen molar-refractivity contribution in [2.24, 2.45) is 0 Å². The minimum atomic E-state index is -0.780. The van der Waals surface area contributed by atoms with E-state index < -0.39 is 11.2 Å². The zero-order valence-electron chi connectivity index (χ0n) is 16.0. The zero-order valence-corrected chi connectivity index (χ0v) is 16.0. The van der Waals surface area contributed by atoms with Gasteiger partial charge in [0.25, 0.3) is 0 Å². The Labute approximate surface area is 166 Å². The molecule has 144 valence electrons. The molecule has 1 fully saturated rings. The highest BCUT2D eigenvalue weighted by atomic mass is 16.6. The van der Waals surface area contributed by atoms with Gasteiger partial charge in [0, 0.05) is 6.61 Å². The first-order chi connectivity index (χ1) is 13.8. The number of benzene rings is 3. The molecule has 3 aromatic rings. The van der Waals surface area contributed by atoms with E-state index in [0.717, 1.165) is 29.5 Å². The van der Waals surface area contributed by atoms with Crippen LogP contribution in [0.2, 0.25) is 0 Å². The lowest BCUT2D eigenvalue weighted by Crippen LogP contribution is -2.43. The average molecular weight is 374 g/mol. The molecule has 4 rings (SSSR count). The van der Waals surface area contributed by atoms with Gasteiger partial charge < -0.3 is 14.6 Å². The number of hydrogen-bond donors (Lipinski definition) is 1. The molecule has 0 aliphatic carbocycles. The highest BCUT2D eigenvalue weighted by molar-refractivity contribution is 5.47. The summed E-state index contributed by atoms with van der Waals surface area (Å²) in [6.07, 6.45) is 1.75. The number of hydrogen-bond acceptors (Lipinski definition) is 3. The van der Waals surface area contributed by atoms with Gasteiger partial charge in [-0.25, -0.2) is 0 Å². The van der Waals surface area contributed by atoms with Gasteiger partial charge >= 0.3 is 0 Å². The molecule has 0 bridgehead atoms. The normalized spacial score (nSPS) is 19.6. The standard InChI is InChI=1S/C25H26O3/c26-19-24(17-10-18-27-24)20-28-25(21-11-4-1-5-12-21,22-13-6-2-7-14-22)23-15-8-3-9-16-23/h1-9,11-16,26H,10,17-20H2/t24-/m1/s1. The molecule has 3 nitrogen and oxygen atoms in total. The highest BCUT2D eigenvalue weighted by Crippen LogP contribution is 2.42. The third-order valence-electron chi connectivity index (χ3n) is 5.57. The van der Waals surface area contributed by atoms with E-state index in [4.69, 9.17) is 9.47 Å². The minimum Gasteiger partial charge on any atom is -0.393 e. The third kappa shape index (κ3) is 3.49. The minimum absolute atomic E-state index is 0.0402. The molecule has 3 aromatic carbocycles. The Balaban J connectivity index is 1.86. The van der Waals surface area contributed by atoms with Gasteiger partial charge in [0.2, 0.25) is 0 Å². The molecule has 0 spiro atoms. The van der Waals surface area contributed by atoms with Crippen molar-refractivity contribution in [3.05, 3.63) is 108 Å². The molecule has 1 atom stereocenters. The first-order valence-corrected chi connectivity index (χ1v) is 9.84. The SMILES string of the molecule is OC[C@@]1(COC(c2ccccc2)(c2ccccc2)c2ccccc2)CCCO1. The van der Waals surface area contributed by atoms with E-state index in [2.05, 4.69) is 36.4 Å². The summed E-state index contributed by atoms with van der Waals surface area (Å²) < 4.78 is 12.7. The Hall–Kier alpha value is -2.46. The summed E-state index contributed by atoms with van der Waals surface area (Å²) in [6.45, 7) is 0.947. The molecule has 0 aromatic heterocycles. The van der Waals surface area contributed by atoms with E-state index in [9.17, 15) is 5.11 Å². The van der Waals surface area contributed by atoms with Crippen molar-refractivity contribution in [1.29, 1.82) is 0 Å². The summed E-state index contributed by atoms with van der Waals surface area (Å²) >= 11 is 0. The van der Waals surface area contributed by atoms with Crippen LogP contribution in [-0.4, -0.2) is 30.5 Å². The maximum atomic E-state index is 10.0. The fraction of sp³-hybridized carbons (Fsp3) is 0.280. The highest BCUT2D eigenvalue weighted by Gasteiger charge is 2.42. The lowest BCUT2D eigenvalue weighted by molar-refractivity contribution is -0.122. The summed E-state index contributed by atoms with van der Waals surface area (Å²) in [4.78, 5) is 0. The molecule has 1 saturated heterocycles. The van der Waals surface area contributed by atoms with Gasteiger partial charge in [0.05, 0.1) is 13.2 Å². The van der Waals surface area contributed by atoms with Gasteiger partial charge in [-0.15, -0.1) is 0 Å². The molecule has 1 heterocycles. The number of aliphatic hydroxyl groups excluding tert-OH is 1. The molecule has 0 unspecified atom stereocenters. The Kier molecular flexibility index (Phi) is 5.58. The summed E-state index contributed by atoms with van der Waals surface area (Å²) in [5, 5.41) is 10.0. The molecule has 0 saturated carbocycles. The van der Waals surface area contributed by atoms with Crippen molar-refractivity contribution < 1.29 is 14.6 Å². The average Bonchev–Trinajstić information content (AvgIpc) is 3.26. The van der Waals surface area contributed by atoms with E-state index >= 15 is 0 Å². The molecule has 28 heavy (non-hydrogen) atoms. The van der Waals surface area contributed by atoms with Crippen LogP contribution in [0.5, 0.6) is 0 Å². The second-order valence-electron chi connectivity index (χ2n) is 7.36. The van der Waals surface area contributed by atoms with E-state index in [1.165, 1.54) is 0 Å². The van der Waals surface area contributed by atoms with Crippen LogP contribution in [0.25, 0.3) is 0 Å². The van der Waals surface area contributed by atoms with Crippen molar-refractivity contribution in [1.82, 2.24) is 0 Å². The van der Waals surface area contributed by atoms with Gasteiger partial charge in [-0.05, 0) is 29.5 Å². The Morgan fingerprint density at radius 3 is 1.61 bits per heavy atom. The molecule has 0 radical (unpaired) electrons. The number of rotatable bonds is 7. The topological polar surface area (TPSA) is 38.7 Å². The van der Waals surface area contributed by atoms with Crippen LogP contribution in [0.4, 0.5) is 0 Å². The van der Waals surface area contributed by atoms with Gasteiger partial charge in [-0.2, -0.15) is 0 Å². The molecule has 1 aliphatic heterocycles. The van der Waals surface area contributed by atoms with Crippen molar-refractivity contribution >= 4 is 0 Å². The predicted octanol–water partition coefficient (Wildman–Crippen LogP) is 4.54. The fourth-order valence-corrected chi connectivity index (χ4v) is 4.05. The van der Waals surface area contributed by atoms with Crippen LogP contribution in [0.1, 0.15) is 29.5 Å². The first-order valence-electron chi connectivity index (χ1n) is 9.84. The van der Waals surface area contributed by atoms with E-state index in [1.54, 1.807) is 0 Å². The fourth-order valence-electron chi connectivity index (χ4n) is 4.05. The van der Waals surface area contributed by atoms with Crippen LogP contribution < -0.4 is 0 Å². The molecule has 1 N–H and O–H groups in total. The van der Waals surface area contributed by atoms with Gasteiger partial charge in [-0.1, -0.05) is 91.0 Å². The van der Waals surface area contributed by atoms with Crippen molar-refractivity contribution in [2.45, 2.75) is 24.0 Å². The summed E-state index contributed by atoms with van der Waals surface area (Å²) in [5.41, 5.74) is 1.75. The van der Waals surface area contributed by atoms with Crippen LogP contribution in [0, 0.1) is 0 Å². The van der Waals surface area contributed by atoms with Gasteiger partial charge in [0.15, 0.2) is 0 Å². The molecule has 1 aliphatic rings. The number of ether oxygens (including phenoxy) is 2. The van der Waals surface area contributed by atoms with E-state index in [1.807, 2.05) is 54.6 Å². The van der Waals surface area contributed by atoms with Crippen molar-refractivity contribution in [3.63, 3.8) is 0 Å². The van der Waals surface area contributed by atoms with Crippen LogP contribution in [0.15, 0.2) is 91.0 Å². The van der Waals surface area contributed by atoms with Crippen molar-refractivity contribution in [2.75, 3.05) is 19.8 Å². The van der Waals surface area contributed by atoms with Gasteiger partial charge in [-0.3, -0.25) is 0 Å². The van der Waals surface area contributed by atoms with Crippen molar-refractivity contribution in [3.8, 4) is 0 Å². The largest absolute Gasteiger partial charge is 0.393 e. The molecule has 3 heteroatoms. The predicted molar refractivity (Wildman–Crippen MR) is 110 cm³/mol. The lowest BCUT2D eigenvalue weighted by Gasteiger charge is -2.39. The van der Waals surface area contributed by atoms with Crippen LogP contribution >= 0.6 is 0 Å². The maximum absolute atomic E-state index is 10.0. The van der Waals surface area contributed by atoms with Crippen LogP contribution in [-0.2, 0) is 15.1 Å². The Morgan fingerprint density at radius 1 is 0.786 bits per heavy atom. The summed E-state index contributed by atoms with van der Waals surface area (Å²) in [5.74, 6) is 0. The molecule has 0 amide bonds. The van der Waals surface area contributed by atoms with E-state index in [0.29, 0.717) is 13.2 Å². The van der Waals surface area contributed by atoms with Gasteiger partial charge in [0.1, 0.15) is 11.2 Å². The third-order valence-corrected chi connectivity index (χ3v) is 5.57. The zero-order chi connectivity index (χ0) is 19.3. The van der Waals surface area contributed by atoms with E-state index in [-0.39, 0.29) is 6.61 Å². The second-order valence-corrected chi connectivity index (χ2v) is 7.36. The van der Waals surface area contributed by atoms with Crippen LogP contribution in [0.3, 0.4) is 0 Å². The molecular formula is C25H26O3. The smallest absolute Gasteiger partial charge is 0.143 e. The quantitative estimate of drug-likeness (QED) is 0.617. The summed E-state index contributed by atoms with van der Waals surface area (Å²) in [6, 6.07) is 30.8. The lowest BCUT2D eigenvalue weighted by atomic mass is 9.80.